The highest BCUT2D eigenvalue weighted by molar-refractivity contribution is 9.10. The SMILES string of the molecule is Brc1ccc2c(c1)c1ccccc1n2-c1cc(-c2ccccc2)cc(-c2ccccc2)c1.CC1(C)OB(B2OC(C)(C)C(C)(C)O2)OC1(C)C.CC1(C)OB(c2ccc3c(c2)c2ccccc2n3-c2cc(-c3ccccc3)cc(-c3ccccc3)c2)OC1(C)C.S=S=S=S=S. The molecule has 10 aromatic carbocycles. The van der Waals surface area contributed by atoms with E-state index in [2.05, 4.69) is 318 Å². The van der Waals surface area contributed by atoms with Gasteiger partial charge in [-0.2, -0.15) is 0 Å². The quantitative estimate of drug-likeness (QED) is 0.139. The summed E-state index contributed by atoms with van der Waals surface area (Å²) in [6.45, 7) is 24.6. The summed E-state index contributed by atoms with van der Waals surface area (Å²) >= 11 is 12.5. The molecule has 15 rings (SSSR count). The first-order valence-electron chi connectivity index (χ1n) is 31.9. The Morgan fingerprint density at radius 2 is 0.600 bits per heavy atom. The molecule has 17 heteroatoms. The van der Waals surface area contributed by atoms with Gasteiger partial charge in [-0.3, -0.25) is 0 Å². The summed E-state index contributed by atoms with van der Waals surface area (Å²) in [5.41, 5.74) is 15.5. The fourth-order valence-electron chi connectivity index (χ4n) is 12.3. The highest BCUT2D eigenvalue weighted by atomic mass is 79.9. The van der Waals surface area contributed by atoms with E-state index in [0.29, 0.717) is 0 Å². The van der Waals surface area contributed by atoms with Gasteiger partial charge in [0.1, 0.15) is 0 Å². The first-order chi connectivity index (χ1) is 45.4. The molecule has 3 saturated heterocycles. The van der Waals surface area contributed by atoms with E-state index in [4.69, 9.17) is 27.9 Å². The molecule has 0 bridgehead atoms. The van der Waals surface area contributed by atoms with Crippen molar-refractivity contribution in [3.63, 3.8) is 0 Å². The zero-order valence-electron chi connectivity index (χ0n) is 55.6. The van der Waals surface area contributed by atoms with Gasteiger partial charge in [0.2, 0.25) is 0 Å². The molecular weight excluding hydrogens is 1330 g/mol. The number of halogens is 1. The van der Waals surface area contributed by atoms with Crippen LogP contribution in [0.1, 0.15) is 83.1 Å². The van der Waals surface area contributed by atoms with Crippen LogP contribution in [0, 0.1) is 0 Å². The molecule has 3 aliphatic heterocycles. The molecule has 95 heavy (non-hydrogen) atoms. The summed E-state index contributed by atoms with van der Waals surface area (Å²) < 4.78 is 42.5. The molecule has 3 fully saturated rings. The molecule has 0 atom stereocenters. The van der Waals surface area contributed by atoms with Crippen molar-refractivity contribution in [1.82, 2.24) is 9.13 Å². The van der Waals surface area contributed by atoms with Gasteiger partial charge in [-0.1, -0.05) is 186 Å². The maximum atomic E-state index is 6.40. The predicted molar refractivity (Wildman–Crippen MR) is 416 cm³/mol. The van der Waals surface area contributed by atoms with Crippen molar-refractivity contribution in [3.8, 4) is 55.9 Å². The van der Waals surface area contributed by atoms with Crippen LogP contribution in [0.25, 0.3) is 99.5 Å². The minimum Gasteiger partial charge on any atom is -0.405 e. The van der Waals surface area contributed by atoms with Gasteiger partial charge in [-0.05, 0) is 206 Å². The van der Waals surface area contributed by atoms with Crippen LogP contribution < -0.4 is 5.46 Å². The fraction of sp³-hybridized carbons (Fsp3) is 0.231. The minimum absolute atomic E-state index is 0.360. The number of hydrogen-bond donors (Lipinski definition) is 0. The zero-order valence-corrected chi connectivity index (χ0v) is 61.3. The summed E-state index contributed by atoms with van der Waals surface area (Å²) in [6, 6.07) is 86.7. The topological polar surface area (TPSA) is 65.2 Å². The van der Waals surface area contributed by atoms with Crippen LogP contribution in [0.15, 0.2) is 247 Å². The second-order valence-corrected chi connectivity index (χ2v) is 33.4. The highest BCUT2D eigenvalue weighted by Gasteiger charge is 2.64. The molecular formula is C78H76B3BrN2O6S5. The van der Waals surface area contributed by atoms with E-state index in [1.165, 1.54) is 115 Å². The Kier molecular flexibility index (Phi) is 19.9. The van der Waals surface area contributed by atoms with Crippen LogP contribution in [0.2, 0.25) is 0 Å². The minimum atomic E-state index is -0.476. The van der Waals surface area contributed by atoms with E-state index in [0.717, 1.165) is 21.1 Å². The number of fused-ring (bicyclic) bond motifs is 6. The number of hydrogen-bond acceptors (Lipinski definition) is 8. The lowest BCUT2D eigenvalue weighted by Crippen LogP contribution is -2.41. The fourth-order valence-corrected chi connectivity index (χ4v) is 15.4. The molecule has 12 aromatic rings. The van der Waals surface area contributed by atoms with E-state index in [1.807, 2.05) is 55.4 Å². The molecule has 480 valence electrons. The molecule has 0 N–H and O–H groups in total. The van der Waals surface area contributed by atoms with Crippen molar-refractivity contribution in [1.29, 1.82) is 0 Å². The third-order valence-electron chi connectivity index (χ3n) is 19.5. The molecule has 0 saturated carbocycles. The maximum Gasteiger partial charge on any atom is 0.494 e. The van der Waals surface area contributed by atoms with Gasteiger partial charge in [0.25, 0.3) is 0 Å². The number of benzene rings is 10. The Morgan fingerprint density at radius 1 is 0.305 bits per heavy atom. The van der Waals surface area contributed by atoms with Crippen LogP contribution >= 0.6 is 15.9 Å². The zero-order chi connectivity index (χ0) is 67.1. The average Bonchev–Trinajstić information content (AvgIpc) is 1.61. The van der Waals surface area contributed by atoms with Gasteiger partial charge in [-0.15, -0.1) is 0 Å². The standard InChI is InChI=1S/C36H32BNO2.C30H20BrN.C12H24B2O4.S5/c1-35(2)36(3,4)40-37(39-35)29-19-20-34-32(24-29)31-17-11-12-18-33(31)38(34)30-22-27(25-13-7-5-8-14-25)21-28(23-30)26-15-9-6-10-16-26;31-25-15-16-30-28(20-25)27-13-7-8-14-29(27)32(30)26-18-23(21-9-3-1-4-10-21)17-24(19-26)22-11-5-2-6-12-22;1-9(2)10(3,4)16-13(15-9)14-17-11(5,6)12(7,8)18-14;1-3-5-4-2/h5-24H,1-4H3;1-20H;1-8H3;. The molecule has 0 unspecified atom stereocenters. The molecule has 0 spiro atoms. The molecule has 2 aromatic heterocycles. The van der Waals surface area contributed by atoms with Gasteiger partial charge in [-0.25, -0.2) is 0 Å². The lowest BCUT2D eigenvalue weighted by molar-refractivity contribution is 0.00578. The van der Waals surface area contributed by atoms with E-state index in [1.54, 1.807) is 0 Å². The molecule has 8 nitrogen and oxygen atoms in total. The Morgan fingerprint density at radius 3 is 0.937 bits per heavy atom. The van der Waals surface area contributed by atoms with Crippen molar-refractivity contribution in [2.24, 2.45) is 0 Å². The van der Waals surface area contributed by atoms with Crippen LogP contribution in [0.5, 0.6) is 0 Å². The van der Waals surface area contributed by atoms with E-state index >= 15 is 0 Å². The number of nitrogens with zero attached hydrogens (tertiary/aromatic N) is 2. The van der Waals surface area contributed by atoms with Gasteiger partial charge in [0.05, 0.1) is 55.7 Å². The monoisotopic (exact) mass is 1410 g/mol. The molecule has 5 heterocycles. The normalized spacial score (nSPS) is 17.0. The Hall–Kier alpha value is -6.67. The first-order valence-corrected chi connectivity index (χ1v) is 38.1. The van der Waals surface area contributed by atoms with Crippen LogP contribution in [-0.2, 0) is 76.9 Å². The van der Waals surface area contributed by atoms with Crippen molar-refractivity contribution in [2.75, 3.05) is 0 Å². The second kappa shape index (κ2) is 27.7. The predicted octanol–water partition coefficient (Wildman–Crippen LogP) is 19.5. The second-order valence-electron chi connectivity index (χ2n) is 27.2. The number of para-hydroxylation sites is 2. The smallest absolute Gasteiger partial charge is 0.405 e. The maximum absolute atomic E-state index is 6.40. The molecule has 0 amide bonds. The Bertz CT molecular complexity index is 4710. The third-order valence-corrected chi connectivity index (χ3v) is 24.4. The lowest BCUT2D eigenvalue weighted by atomic mass is 9.49. The Labute approximate surface area is 587 Å². The molecule has 0 radical (unpaired) electrons. The lowest BCUT2D eigenvalue weighted by Gasteiger charge is -2.32. The first kappa shape index (κ1) is 68.3. The highest BCUT2D eigenvalue weighted by Crippen LogP contribution is 2.45. The largest absolute Gasteiger partial charge is 0.494 e. The van der Waals surface area contributed by atoms with Crippen molar-refractivity contribution in [3.05, 3.63) is 247 Å². The summed E-state index contributed by atoms with van der Waals surface area (Å²) in [7, 11) is 2.59. The Balaban J connectivity index is 0.000000140. The molecule has 3 aliphatic rings. The van der Waals surface area contributed by atoms with E-state index in [-0.39, 0.29) is 33.6 Å². The number of rotatable bonds is 8. The third kappa shape index (κ3) is 14.1. The van der Waals surface area contributed by atoms with Gasteiger partial charge < -0.3 is 37.1 Å². The number of aromatic nitrogens is 2. The summed E-state index contributed by atoms with van der Waals surface area (Å²) in [5, 5.41) is 4.91. The van der Waals surface area contributed by atoms with E-state index in [9.17, 15) is 0 Å². The summed E-state index contributed by atoms with van der Waals surface area (Å²) in [6.07, 6.45) is 0. The summed E-state index contributed by atoms with van der Waals surface area (Å²) in [4.78, 5) is 0. The van der Waals surface area contributed by atoms with Crippen molar-refractivity contribution >= 4 is 135 Å². The molecule has 0 aliphatic carbocycles. The summed E-state index contributed by atoms with van der Waals surface area (Å²) in [5.74, 6) is 0. The van der Waals surface area contributed by atoms with Crippen LogP contribution in [0.4, 0.5) is 0 Å². The van der Waals surface area contributed by atoms with Gasteiger partial charge in [0, 0.05) is 86.4 Å². The van der Waals surface area contributed by atoms with Crippen LogP contribution in [-0.4, -0.2) is 63.9 Å². The van der Waals surface area contributed by atoms with Gasteiger partial charge >= 0.3 is 21.1 Å². The van der Waals surface area contributed by atoms with Crippen molar-refractivity contribution in [2.45, 2.75) is 117 Å². The van der Waals surface area contributed by atoms with Crippen LogP contribution in [0.3, 0.4) is 0 Å². The van der Waals surface area contributed by atoms with Crippen molar-refractivity contribution < 1.29 is 27.9 Å². The average molecular weight is 1410 g/mol. The van der Waals surface area contributed by atoms with Gasteiger partial charge in [0.15, 0.2) is 0 Å². The van der Waals surface area contributed by atoms with E-state index < -0.39 is 21.1 Å².